The molecule has 0 bridgehead atoms. The van der Waals surface area contributed by atoms with E-state index in [1.165, 1.54) is 5.56 Å². The Morgan fingerprint density at radius 2 is 1.71 bits per heavy atom. The first-order chi connectivity index (χ1) is 11.2. The number of rotatable bonds is 3. The van der Waals surface area contributed by atoms with Crippen molar-refractivity contribution in [1.82, 2.24) is 9.80 Å². The van der Waals surface area contributed by atoms with E-state index in [0.29, 0.717) is 13.1 Å². The van der Waals surface area contributed by atoms with Crippen molar-refractivity contribution in [3.8, 4) is 0 Å². The number of likely N-dealkylation sites (tertiary alicyclic amines) is 2. The van der Waals surface area contributed by atoms with Gasteiger partial charge in [0.15, 0.2) is 0 Å². The molecule has 4 nitrogen and oxygen atoms in total. The van der Waals surface area contributed by atoms with E-state index in [-0.39, 0.29) is 22.8 Å². The molecule has 2 fully saturated rings. The summed E-state index contributed by atoms with van der Waals surface area (Å²) in [5.74, 6) is 0.227. The molecule has 2 aliphatic rings. The van der Waals surface area contributed by atoms with Crippen LogP contribution in [0.2, 0.25) is 0 Å². The molecule has 0 radical (unpaired) electrons. The summed E-state index contributed by atoms with van der Waals surface area (Å²) in [6.07, 6.45) is 0.543. The number of hydrogen-bond donors (Lipinski definition) is 1. The Balaban J connectivity index is 1.68. The maximum absolute atomic E-state index is 13.1. The van der Waals surface area contributed by atoms with E-state index in [1.54, 1.807) is 0 Å². The SMILES string of the molecule is CC1(C)CN(C(=O)C2CCN2Cc2ccccc2)CC(C)(C)C1O. The van der Waals surface area contributed by atoms with E-state index in [9.17, 15) is 9.90 Å². The predicted molar refractivity (Wildman–Crippen MR) is 95.4 cm³/mol. The van der Waals surface area contributed by atoms with E-state index in [2.05, 4.69) is 44.7 Å². The van der Waals surface area contributed by atoms with Crippen molar-refractivity contribution in [2.45, 2.75) is 52.8 Å². The van der Waals surface area contributed by atoms with Crippen LogP contribution in [0.15, 0.2) is 30.3 Å². The standard InChI is InChI=1S/C20H30N2O2/c1-19(2)13-22(14-20(3,4)18(19)24)17(23)16-10-11-21(16)12-15-8-6-5-7-9-15/h5-9,16,18,24H,10-14H2,1-4H3. The van der Waals surface area contributed by atoms with Gasteiger partial charge in [-0.3, -0.25) is 9.69 Å². The lowest BCUT2D eigenvalue weighted by molar-refractivity contribution is -0.160. The van der Waals surface area contributed by atoms with Gasteiger partial charge >= 0.3 is 0 Å². The zero-order chi connectivity index (χ0) is 17.5. The van der Waals surface area contributed by atoms with Crippen molar-refractivity contribution in [3.63, 3.8) is 0 Å². The molecule has 1 amide bonds. The Bertz CT molecular complexity index is 579. The second-order valence-corrected chi connectivity index (χ2v) is 8.83. The Morgan fingerprint density at radius 1 is 1.12 bits per heavy atom. The van der Waals surface area contributed by atoms with Crippen LogP contribution in [0, 0.1) is 10.8 Å². The minimum atomic E-state index is -0.393. The largest absolute Gasteiger partial charge is 0.392 e. The third-order valence-electron chi connectivity index (χ3n) is 5.63. The maximum Gasteiger partial charge on any atom is 0.240 e. The molecule has 0 aromatic heterocycles. The van der Waals surface area contributed by atoms with Crippen LogP contribution in [0.5, 0.6) is 0 Å². The highest BCUT2D eigenvalue weighted by Gasteiger charge is 2.49. The molecule has 24 heavy (non-hydrogen) atoms. The Labute approximate surface area is 145 Å². The lowest BCUT2D eigenvalue weighted by Crippen LogP contribution is -2.64. The van der Waals surface area contributed by atoms with Crippen LogP contribution in [-0.4, -0.2) is 52.6 Å². The van der Waals surface area contributed by atoms with Gasteiger partial charge in [-0.2, -0.15) is 0 Å². The van der Waals surface area contributed by atoms with E-state index >= 15 is 0 Å². The Hall–Kier alpha value is -1.39. The first-order valence-electron chi connectivity index (χ1n) is 8.95. The highest BCUT2D eigenvalue weighted by atomic mass is 16.3. The molecular formula is C20H30N2O2. The van der Waals surface area contributed by atoms with Gasteiger partial charge in [0, 0.05) is 37.0 Å². The van der Waals surface area contributed by atoms with Gasteiger partial charge in [-0.25, -0.2) is 0 Å². The number of hydrogen-bond acceptors (Lipinski definition) is 3. The quantitative estimate of drug-likeness (QED) is 0.926. The van der Waals surface area contributed by atoms with Crippen molar-refractivity contribution in [2.24, 2.45) is 10.8 Å². The highest BCUT2D eigenvalue weighted by Crippen LogP contribution is 2.40. The summed E-state index contributed by atoms with van der Waals surface area (Å²) in [4.78, 5) is 17.3. The molecule has 1 aromatic carbocycles. The summed E-state index contributed by atoms with van der Waals surface area (Å²) in [6.45, 7) is 11.3. The van der Waals surface area contributed by atoms with Gasteiger partial charge in [0.05, 0.1) is 12.1 Å². The van der Waals surface area contributed by atoms with Crippen LogP contribution in [-0.2, 0) is 11.3 Å². The van der Waals surface area contributed by atoms with Crippen molar-refractivity contribution >= 4 is 5.91 Å². The van der Waals surface area contributed by atoms with Crippen LogP contribution < -0.4 is 0 Å². The smallest absolute Gasteiger partial charge is 0.240 e. The minimum absolute atomic E-state index is 0.00736. The normalized spacial score (nSPS) is 26.9. The fraction of sp³-hybridized carbons (Fsp3) is 0.650. The number of carbonyl (C=O) groups is 1. The molecule has 0 aliphatic carbocycles. The van der Waals surface area contributed by atoms with Gasteiger partial charge in [-0.05, 0) is 12.0 Å². The second kappa shape index (κ2) is 6.16. The molecule has 4 heteroatoms. The van der Waals surface area contributed by atoms with Crippen molar-refractivity contribution in [2.75, 3.05) is 19.6 Å². The van der Waals surface area contributed by atoms with E-state index < -0.39 is 6.10 Å². The molecule has 2 heterocycles. The van der Waals surface area contributed by atoms with Gasteiger partial charge in [0.2, 0.25) is 5.91 Å². The monoisotopic (exact) mass is 330 g/mol. The zero-order valence-electron chi connectivity index (χ0n) is 15.3. The topological polar surface area (TPSA) is 43.8 Å². The van der Waals surface area contributed by atoms with Crippen LogP contribution in [0.1, 0.15) is 39.7 Å². The molecule has 2 saturated heterocycles. The highest BCUT2D eigenvalue weighted by molar-refractivity contribution is 5.83. The summed E-state index contributed by atoms with van der Waals surface area (Å²) >= 11 is 0. The number of amides is 1. The molecule has 0 saturated carbocycles. The third kappa shape index (κ3) is 3.22. The van der Waals surface area contributed by atoms with Crippen LogP contribution in [0.3, 0.4) is 0 Å². The fourth-order valence-corrected chi connectivity index (χ4v) is 4.36. The predicted octanol–water partition coefficient (Wildman–Crippen LogP) is 2.52. The van der Waals surface area contributed by atoms with Crippen molar-refractivity contribution in [1.29, 1.82) is 0 Å². The van der Waals surface area contributed by atoms with Gasteiger partial charge in [-0.1, -0.05) is 58.0 Å². The number of aliphatic hydroxyl groups is 1. The molecule has 1 atom stereocenters. The van der Waals surface area contributed by atoms with E-state index in [4.69, 9.17) is 0 Å². The number of benzene rings is 1. The molecule has 132 valence electrons. The van der Waals surface area contributed by atoms with Gasteiger partial charge in [0.1, 0.15) is 0 Å². The third-order valence-corrected chi connectivity index (χ3v) is 5.63. The molecule has 1 unspecified atom stereocenters. The second-order valence-electron chi connectivity index (χ2n) is 8.83. The minimum Gasteiger partial charge on any atom is -0.392 e. The summed E-state index contributed by atoms with van der Waals surface area (Å²) in [6, 6.07) is 10.3. The molecule has 1 N–H and O–H groups in total. The van der Waals surface area contributed by atoms with Gasteiger partial charge in [-0.15, -0.1) is 0 Å². The van der Waals surface area contributed by atoms with Crippen LogP contribution in [0.4, 0.5) is 0 Å². The maximum atomic E-state index is 13.1. The Kier molecular flexibility index (Phi) is 4.47. The number of carbonyl (C=O) groups excluding carboxylic acids is 1. The summed E-state index contributed by atoms with van der Waals surface area (Å²) in [5, 5.41) is 10.6. The first-order valence-corrected chi connectivity index (χ1v) is 8.95. The van der Waals surface area contributed by atoms with Crippen molar-refractivity contribution < 1.29 is 9.90 Å². The molecule has 3 rings (SSSR count). The summed E-state index contributed by atoms with van der Waals surface area (Å²) in [5.41, 5.74) is 0.710. The average molecular weight is 330 g/mol. The fourth-order valence-electron chi connectivity index (χ4n) is 4.36. The van der Waals surface area contributed by atoms with Gasteiger partial charge in [0.25, 0.3) is 0 Å². The van der Waals surface area contributed by atoms with Gasteiger partial charge < -0.3 is 10.0 Å². The van der Waals surface area contributed by atoms with E-state index in [0.717, 1.165) is 19.5 Å². The molecule has 1 aromatic rings. The zero-order valence-corrected chi connectivity index (χ0v) is 15.3. The Morgan fingerprint density at radius 3 is 2.21 bits per heavy atom. The number of piperidine rings is 1. The van der Waals surface area contributed by atoms with Crippen molar-refractivity contribution in [3.05, 3.63) is 35.9 Å². The van der Waals surface area contributed by atoms with Crippen LogP contribution in [0.25, 0.3) is 0 Å². The van der Waals surface area contributed by atoms with Crippen LogP contribution >= 0.6 is 0 Å². The number of nitrogens with zero attached hydrogens (tertiary/aromatic N) is 2. The summed E-state index contributed by atoms with van der Waals surface area (Å²) in [7, 11) is 0. The lowest BCUT2D eigenvalue weighted by Gasteiger charge is -2.53. The first kappa shape index (κ1) is 17.4. The number of aliphatic hydroxyl groups excluding tert-OH is 1. The molecule has 0 spiro atoms. The molecular weight excluding hydrogens is 300 g/mol. The lowest BCUT2D eigenvalue weighted by atomic mass is 9.68. The average Bonchev–Trinajstić information content (AvgIpc) is 2.49. The molecule has 2 aliphatic heterocycles. The van der Waals surface area contributed by atoms with E-state index in [1.807, 2.05) is 23.1 Å². The summed E-state index contributed by atoms with van der Waals surface area (Å²) < 4.78 is 0.